The molecule has 1 aromatic carbocycles. The monoisotopic (exact) mass is 487 g/mol. The number of methoxy groups -OCH3 is 1. The van der Waals surface area contributed by atoms with Crippen molar-refractivity contribution < 1.29 is 9.84 Å². The lowest BCUT2D eigenvalue weighted by atomic mass is 10.1. The normalized spacial score (nSPS) is 12.4. The zero-order valence-corrected chi connectivity index (χ0v) is 21.0. The first-order valence-corrected chi connectivity index (χ1v) is 11.7. The van der Waals surface area contributed by atoms with Gasteiger partial charge >= 0.3 is 0 Å². The third-order valence-corrected chi connectivity index (χ3v) is 5.55. The summed E-state index contributed by atoms with van der Waals surface area (Å²) in [4.78, 5) is 23.2. The highest BCUT2D eigenvalue weighted by atomic mass is 35.5. The Bertz CT molecular complexity index is 1100. The number of nitrogens with zero attached hydrogens (tertiary/aromatic N) is 4. The molecule has 3 N–H and O–H groups in total. The minimum absolute atomic E-state index is 0.184. The molecule has 1 fully saturated rings. The number of nitrogen functional groups attached to an aromatic ring is 1. The second-order valence-corrected chi connectivity index (χ2v) is 7.96. The van der Waals surface area contributed by atoms with Crippen molar-refractivity contribution in [3.8, 4) is 17.1 Å². The second kappa shape index (κ2) is 13.6. The Hall–Kier alpha value is -3.10. The lowest BCUT2D eigenvalue weighted by Gasteiger charge is -2.14. The van der Waals surface area contributed by atoms with Crippen molar-refractivity contribution in [2.45, 2.75) is 33.1 Å². The standard InChI is InChI=1S/C14H16ClN3O2.C9H12N2.C2H6O/c1-4-11-12(16)14(19)18(2)13(17-11)9-6-5-8(20-3)7-10(9)15;1-2-6-10-9(5-1)11-7-3-4-8-11;1-2-3/h5-7H,4,16H2,1-3H3;1-2,5-6H,3-4,7-8H2;3H,2H2,1H3. The number of hydrogen-bond donors (Lipinski definition) is 2. The lowest BCUT2D eigenvalue weighted by Crippen LogP contribution is -2.25. The number of aryl methyl sites for hydroxylation is 1. The summed E-state index contributed by atoms with van der Waals surface area (Å²) in [7, 11) is 3.19. The van der Waals surface area contributed by atoms with E-state index in [-0.39, 0.29) is 17.9 Å². The van der Waals surface area contributed by atoms with Gasteiger partial charge in [-0.2, -0.15) is 0 Å². The van der Waals surface area contributed by atoms with Crippen molar-refractivity contribution in [1.82, 2.24) is 14.5 Å². The van der Waals surface area contributed by atoms with Crippen LogP contribution >= 0.6 is 11.6 Å². The molecule has 1 aliphatic heterocycles. The number of ether oxygens (including phenoxy) is 1. The topological polar surface area (TPSA) is 106 Å². The summed E-state index contributed by atoms with van der Waals surface area (Å²) in [5.74, 6) is 2.27. The molecule has 34 heavy (non-hydrogen) atoms. The van der Waals surface area contributed by atoms with Gasteiger partial charge in [-0.1, -0.05) is 24.6 Å². The minimum atomic E-state index is -0.265. The maximum atomic E-state index is 12.1. The number of benzene rings is 1. The smallest absolute Gasteiger partial charge is 0.276 e. The predicted molar refractivity (Wildman–Crippen MR) is 139 cm³/mol. The van der Waals surface area contributed by atoms with E-state index >= 15 is 0 Å². The number of rotatable bonds is 4. The van der Waals surface area contributed by atoms with Gasteiger partial charge in [0.1, 0.15) is 23.1 Å². The highest BCUT2D eigenvalue weighted by molar-refractivity contribution is 6.33. The molecule has 0 aliphatic carbocycles. The fourth-order valence-electron chi connectivity index (χ4n) is 3.46. The number of hydrogen-bond acceptors (Lipinski definition) is 7. The quantitative estimate of drug-likeness (QED) is 0.574. The molecular formula is C25H34ClN5O3. The van der Waals surface area contributed by atoms with Gasteiger partial charge in [0.15, 0.2) is 0 Å². The van der Waals surface area contributed by atoms with Gasteiger partial charge in [-0.05, 0) is 56.5 Å². The molecule has 2 aromatic heterocycles. The molecule has 3 aromatic rings. The van der Waals surface area contributed by atoms with E-state index in [0.717, 1.165) is 5.82 Å². The van der Waals surface area contributed by atoms with Gasteiger partial charge < -0.3 is 20.5 Å². The van der Waals surface area contributed by atoms with Crippen molar-refractivity contribution >= 4 is 23.1 Å². The van der Waals surface area contributed by atoms with Crippen LogP contribution < -0.4 is 20.9 Å². The van der Waals surface area contributed by atoms with Crippen molar-refractivity contribution in [3.63, 3.8) is 0 Å². The van der Waals surface area contributed by atoms with Crippen molar-refractivity contribution in [1.29, 1.82) is 0 Å². The Kier molecular flexibility index (Phi) is 10.8. The molecule has 0 amide bonds. The fourth-order valence-corrected chi connectivity index (χ4v) is 3.72. The third-order valence-electron chi connectivity index (χ3n) is 5.24. The molecule has 0 bridgehead atoms. The zero-order chi connectivity index (χ0) is 25.1. The summed E-state index contributed by atoms with van der Waals surface area (Å²) >= 11 is 6.24. The summed E-state index contributed by atoms with van der Waals surface area (Å²) in [6, 6.07) is 11.3. The highest BCUT2D eigenvalue weighted by Gasteiger charge is 2.15. The zero-order valence-electron chi connectivity index (χ0n) is 20.3. The lowest BCUT2D eigenvalue weighted by molar-refractivity contribution is 0.318. The maximum absolute atomic E-state index is 12.1. The summed E-state index contributed by atoms with van der Waals surface area (Å²) in [6.07, 6.45) is 5.07. The van der Waals surface area contributed by atoms with Crippen LogP contribution in [0.4, 0.5) is 11.5 Å². The predicted octanol–water partition coefficient (Wildman–Crippen LogP) is 3.93. The SMILES string of the molecule is CCO.CCc1nc(-c2ccc(OC)cc2Cl)n(C)c(=O)c1N.c1ccc(N2CCCC2)nc1. The molecule has 0 radical (unpaired) electrons. The Morgan fingerprint density at radius 2 is 1.85 bits per heavy atom. The first-order chi connectivity index (χ1) is 16.4. The van der Waals surface area contributed by atoms with Crippen LogP contribution in [0.2, 0.25) is 5.02 Å². The molecule has 0 unspecified atom stereocenters. The Labute approximate surface area is 206 Å². The average molecular weight is 488 g/mol. The molecule has 4 rings (SSSR count). The van der Waals surface area contributed by atoms with Crippen molar-refractivity contribution in [2.24, 2.45) is 7.05 Å². The van der Waals surface area contributed by atoms with E-state index in [1.54, 1.807) is 39.3 Å². The minimum Gasteiger partial charge on any atom is -0.497 e. The number of nitrogens with two attached hydrogens (primary N) is 1. The fraction of sp³-hybridized carbons (Fsp3) is 0.400. The van der Waals surface area contributed by atoms with Gasteiger partial charge in [0, 0.05) is 38.5 Å². The van der Waals surface area contributed by atoms with Gasteiger partial charge in [-0.3, -0.25) is 9.36 Å². The number of aromatic nitrogens is 3. The van der Waals surface area contributed by atoms with Crippen LogP contribution in [-0.4, -0.2) is 46.4 Å². The number of pyridine rings is 1. The van der Waals surface area contributed by atoms with E-state index in [1.165, 1.54) is 30.5 Å². The largest absolute Gasteiger partial charge is 0.497 e. The van der Waals surface area contributed by atoms with Gasteiger partial charge in [0.2, 0.25) is 0 Å². The molecule has 1 saturated heterocycles. The maximum Gasteiger partial charge on any atom is 0.276 e. The van der Waals surface area contributed by atoms with Crippen LogP contribution in [0.5, 0.6) is 5.75 Å². The first kappa shape index (κ1) is 27.1. The first-order valence-electron chi connectivity index (χ1n) is 11.3. The highest BCUT2D eigenvalue weighted by Crippen LogP contribution is 2.30. The molecule has 8 nitrogen and oxygen atoms in total. The number of aliphatic hydroxyl groups excluding tert-OH is 1. The molecule has 184 valence electrons. The Morgan fingerprint density at radius 1 is 1.18 bits per heavy atom. The summed E-state index contributed by atoms with van der Waals surface area (Å²) in [6.45, 7) is 6.19. The Balaban J connectivity index is 0.000000243. The van der Waals surface area contributed by atoms with Crippen molar-refractivity contribution in [2.75, 3.05) is 37.4 Å². The Morgan fingerprint density at radius 3 is 2.38 bits per heavy atom. The van der Waals surface area contributed by atoms with Crippen LogP contribution in [0.25, 0.3) is 11.4 Å². The molecule has 0 atom stereocenters. The molecule has 0 saturated carbocycles. The van der Waals surface area contributed by atoms with E-state index in [4.69, 9.17) is 27.2 Å². The van der Waals surface area contributed by atoms with Crippen molar-refractivity contribution in [3.05, 3.63) is 63.7 Å². The van der Waals surface area contributed by atoms with E-state index in [0.29, 0.717) is 34.3 Å². The van der Waals surface area contributed by atoms with Gasteiger partial charge in [-0.15, -0.1) is 0 Å². The molecule has 3 heterocycles. The molecule has 1 aliphatic rings. The number of anilines is 2. The van der Waals surface area contributed by atoms with Crippen LogP contribution in [0.15, 0.2) is 47.4 Å². The number of halogens is 1. The third kappa shape index (κ3) is 6.95. The number of aliphatic hydroxyl groups is 1. The second-order valence-electron chi connectivity index (χ2n) is 7.56. The van der Waals surface area contributed by atoms with Crippen LogP contribution in [0.1, 0.15) is 32.4 Å². The molecule has 0 spiro atoms. The van der Waals surface area contributed by atoms with E-state index in [9.17, 15) is 4.79 Å². The van der Waals surface area contributed by atoms with E-state index in [1.807, 2.05) is 25.3 Å². The van der Waals surface area contributed by atoms with Crippen LogP contribution in [0.3, 0.4) is 0 Å². The van der Waals surface area contributed by atoms with Gasteiger partial charge in [-0.25, -0.2) is 9.97 Å². The summed E-state index contributed by atoms with van der Waals surface area (Å²) < 4.78 is 6.52. The summed E-state index contributed by atoms with van der Waals surface area (Å²) in [5, 5.41) is 8.04. The van der Waals surface area contributed by atoms with Gasteiger partial charge in [0.05, 0.1) is 17.8 Å². The van der Waals surface area contributed by atoms with Gasteiger partial charge in [0.25, 0.3) is 5.56 Å². The molecular weight excluding hydrogens is 454 g/mol. The molecule has 9 heteroatoms. The van der Waals surface area contributed by atoms with E-state index in [2.05, 4.69) is 20.9 Å². The van der Waals surface area contributed by atoms with Crippen LogP contribution in [0, 0.1) is 0 Å². The van der Waals surface area contributed by atoms with Crippen LogP contribution in [-0.2, 0) is 13.5 Å². The average Bonchev–Trinajstić information content (AvgIpc) is 3.40. The summed E-state index contributed by atoms with van der Waals surface area (Å²) in [5.41, 5.74) is 6.94. The van der Waals surface area contributed by atoms with E-state index < -0.39 is 0 Å².